The Balaban J connectivity index is 2.41. The van der Waals surface area contributed by atoms with Crippen LogP contribution in [0.3, 0.4) is 0 Å². The molecule has 0 spiro atoms. The molecule has 1 aromatic rings. The summed E-state index contributed by atoms with van der Waals surface area (Å²) in [6.07, 6.45) is 7.40. The molecule has 2 aliphatic rings. The molecule has 3 rings (SSSR count). The molecule has 25 heavy (non-hydrogen) atoms. The first kappa shape index (κ1) is 19.2. The van der Waals surface area contributed by atoms with Crippen LogP contribution in [-0.2, 0) is 34.3 Å². The van der Waals surface area contributed by atoms with Gasteiger partial charge in [0, 0.05) is 0 Å². The summed E-state index contributed by atoms with van der Waals surface area (Å²) in [7, 11) is 0. The Hall–Kier alpha value is -0.560. The maximum Gasteiger partial charge on any atom is -0.00414 e. The van der Waals surface area contributed by atoms with Crippen LogP contribution in [0.2, 0.25) is 0 Å². The van der Waals surface area contributed by atoms with Crippen LogP contribution in [0.25, 0.3) is 0 Å². The highest BCUT2D eigenvalue weighted by Crippen LogP contribution is 2.61. The van der Waals surface area contributed by atoms with Crippen molar-refractivity contribution in [3.8, 4) is 0 Å². The molecule has 0 aliphatic heterocycles. The lowest BCUT2D eigenvalue weighted by Crippen LogP contribution is -2.25. The standard InChI is InChI=1S/C24H38S/c1-9-23(10-2)14-21(5,6)18-16(23)13-17-19(20(18)25)22(7,8)15-24(17,11-3)12-4/h13,25H,9-12,14-15H2,1-8H3/p-1. The fourth-order valence-electron chi connectivity index (χ4n) is 6.66. The van der Waals surface area contributed by atoms with Crippen LogP contribution in [0.15, 0.2) is 11.0 Å². The molecule has 1 heteroatoms. The Kier molecular flexibility index (Phi) is 4.39. The van der Waals surface area contributed by atoms with Gasteiger partial charge in [0.15, 0.2) is 0 Å². The fourth-order valence-corrected chi connectivity index (χ4v) is 7.43. The van der Waals surface area contributed by atoms with Crippen LogP contribution < -0.4 is 0 Å². The highest BCUT2D eigenvalue weighted by atomic mass is 32.1. The van der Waals surface area contributed by atoms with Gasteiger partial charge in [0.1, 0.15) is 0 Å². The Morgan fingerprint density at radius 2 is 1.04 bits per heavy atom. The zero-order valence-corrected chi connectivity index (χ0v) is 18.5. The molecule has 0 saturated carbocycles. The van der Waals surface area contributed by atoms with E-state index in [2.05, 4.69) is 61.5 Å². The minimum absolute atomic E-state index is 0.202. The molecule has 0 bridgehead atoms. The highest BCUT2D eigenvalue weighted by Gasteiger charge is 2.51. The summed E-state index contributed by atoms with van der Waals surface area (Å²) < 4.78 is 0. The number of benzene rings is 1. The van der Waals surface area contributed by atoms with E-state index >= 15 is 0 Å². The van der Waals surface area contributed by atoms with E-state index in [1.54, 1.807) is 11.1 Å². The molecule has 140 valence electrons. The van der Waals surface area contributed by atoms with E-state index in [1.165, 1.54) is 54.5 Å². The van der Waals surface area contributed by atoms with Gasteiger partial charge in [0.2, 0.25) is 0 Å². The zero-order valence-electron chi connectivity index (χ0n) is 17.7. The average Bonchev–Trinajstić information content (AvgIpc) is 2.94. The third-order valence-corrected chi connectivity index (χ3v) is 8.45. The van der Waals surface area contributed by atoms with Crippen molar-refractivity contribution in [2.45, 2.75) is 120 Å². The first-order valence-corrected chi connectivity index (χ1v) is 10.8. The van der Waals surface area contributed by atoms with E-state index in [9.17, 15) is 0 Å². The van der Waals surface area contributed by atoms with Crippen molar-refractivity contribution in [1.82, 2.24) is 0 Å². The molecule has 0 amide bonds. The molecule has 0 aromatic heterocycles. The first-order valence-electron chi connectivity index (χ1n) is 10.4. The minimum atomic E-state index is 0.202. The van der Waals surface area contributed by atoms with Crippen LogP contribution in [0.5, 0.6) is 0 Å². The second-order valence-corrected chi connectivity index (χ2v) is 10.6. The lowest BCUT2D eigenvalue weighted by molar-refractivity contribution is 0.320. The number of fused-ring (bicyclic) bond motifs is 2. The second-order valence-electron chi connectivity index (χ2n) is 10.1. The van der Waals surface area contributed by atoms with Crippen LogP contribution in [-0.4, -0.2) is 0 Å². The number of hydrogen-bond acceptors (Lipinski definition) is 1. The summed E-state index contributed by atoms with van der Waals surface area (Å²) in [6.45, 7) is 19.2. The van der Waals surface area contributed by atoms with E-state index in [4.69, 9.17) is 12.6 Å². The Bertz CT molecular complexity index is 628. The zero-order chi connectivity index (χ0) is 18.8. The molecule has 0 unspecified atom stereocenters. The quantitative estimate of drug-likeness (QED) is 0.519. The van der Waals surface area contributed by atoms with Crippen molar-refractivity contribution >= 4 is 12.6 Å². The minimum Gasteiger partial charge on any atom is -0.779 e. The van der Waals surface area contributed by atoms with Crippen molar-refractivity contribution in [2.24, 2.45) is 0 Å². The van der Waals surface area contributed by atoms with Gasteiger partial charge in [-0.3, -0.25) is 0 Å². The van der Waals surface area contributed by atoms with Crippen LogP contribution in [0.1, 0.15) is 116 Å². The average molecular weight is 358 g/mol. The van der Waals surface area contributed by atoms with Crippen molar-refractivity contribution in [3.63, 3.8) is 0 Å². The third-order valence-electron chi connectivity index (χ3n) is 8.05. The summed E-state index contributed by atoms with van der Waals surface area (Å²) in [5, 5.41) is 0. The molecule has 1 aromatic carbocycles. The molecular weight excluding hydrogens is 320 g/mol. The molecule has 0 nitrogen and oxygen atoms in total. The fraction of sp³-hybridized carbons (Fsp3) is 0.750. The van der Waals surface area contributed by atoms with Crippen LogP contribution in [0, 0.1) is 0 Å². The van der Waals surface area contributed by atoms with Gasteiger partial charge in [-0.2, -0.15) is 4.90 Å². The summed E-state index contributed by atoms with van der Waals surface area (Å²) in [5.74, 6) is 0. The molecule has 0 heterocycles. The van der Waals surface area contributed by atoms with E-state index in [1.807, 2.05) is 0 Å². The highest BCUT2D eigenvalue weighted by molar-refractivity contribution is 7.59. The van der Waals surface area contributed by atoms with Crippen molar-refractivity contribution in [2.75, 3.05) is 0 Å². The first-order chi connectivity index (χ1) is 11.5. The molecule has 2 aliphatic carbocycles. The Morgan fingerprint density at radius 1 is 0.720 bits per heavy atom. The predicted molar refractivity (Wildman–Crippen MR) is 112 cm³/mol. The summed E-state index contributed by atoms with van der Waals surface area (Å²) in [4.78, 5) is 1.22. The Labute approximate surface area is 161 Å². The third kappa shape index (κ3) is 2.37. The van der Waals surface area contributed by atoms with Crippen molar-refractivity contribution in [3.05, 3.63) is 28.3 Å². The van der Waals surface area contributed by atoms with Gasteiger partial charge < -0.3 is 12.6 Å². The monoisotopic (exact) mass is 357 g/mol. The lowest BCUT2D eigenvalue weighted by Gasteiger charge is -2.34. The van der Waals surface area contributed by atoms with E-state index < -0.39 is 0 Å². The summed E-state index contributed by atoms with van der Waals surface area (Å²) >= 11 is 6.24. The Morgan fingerprint density at radius 3 is 1.32 bits per heavy atom. The van der Waals surface area contributed by atoms with Gasteiger partial charge in [-0.1, -0.05) is 72.6 Å². The van der Waals surface area contributed by atoms with Gasteiger partial charge in [-0.05, 0) is 71.3 Å². The molecule has 0 N–H and O–H groups in total. The number of hydrogen-bond donors (Lipinski definition) is 0. The lowest BCUT2D eigenvalue weighted by atomic mass is 9.72. The SMILES string of the molecule is CCC1(CC)CC(C)(C)c2c1cc1c(c2[S-])C(C)(C)CC1(CC)CC. The molecule has 0 fully saturated rings. The van der Waals surface area contributed by atoms with Gasteiger partial charge in [-0.25, -0.2) is 0 Å². The maximum absolute atomic E-state index is 6.24. The largest absolute Gasteiger partial charge is 0.779 e. The summed E-state index contributed by atoms with van der Waals surface area (Å²) in [6, 6.07) is 2.64. The van der Waals surface area contributed by atoms with E-state index in [0.717, 1.165) is 0 Å². The van der Waals surface area contributed by atoms with Gasteiger partial charge in [-0.15, -0.1) is 0 Å². The van der Waals surface area contributed by atoms with Gasteiger partial charge in [0.05, 0.1) is 0 Å². The normalized spacial score (nSPS) is 24.2. The molecule has 0 saturated heterocycles. The second kappa shape index (κ2) is 5.72. The van der Waals surface area contributed by atoms with Gasteiger partial charge in [0.25, 0.3) is 0 Å². The van der Waals surface area contributed by atoms with Crippen LogP contribution >= 0.6 is 0 Å². The van der Waals surface area contributed by atoms with Crippen molar-refractivity contribution < 1.29 is 0 Å². The van der Waals surface area contributed by atoms with Gasteiger partial charge >= 0.3 is 0 Å². The number of rotatable bonds is 4. The topological polar surface area (TPSA) is 0 Å². The molecular formula is C24H37S-. The molecule has 0 atom stereocenters. The maximum atomic E-state index is 6.24. The smallest absolute Gasteiger partial charge is 0.00414 e. The van der Waals surface area contributed by atoms with E-state index in [-0.39, 0.29) is 10.8 Å². The van der Waals surface area contributed by atoms with Crippen molar-refractivity contribution in [1.29, 1.82) is 0 Å². The predicted octanol–water partition coefficient (Wildman–Crippen LogP) is 7.07. The van der Waals surface area contributed by atoms with E-state index in [0.29, 0.717) is 10.8 Å². The summed E-state index contributed by atoms with van der Waals surface area (Å²) in [5.41, 5.74) is 7.29. The van der Waals surface area contributed by atoms with Crippen LogP contribution in [0.4, 0.5) is 0 Å². The molecule has 0 radical (unpaired) electrons.